The summed E-state index contributed by atoms with van der Waals surface area (Å²) in [5.41, 5.74) is 1.76. The number of rotatable bonds is 2. The average Bonchev–Trinajstić information content (AvgIpc) is 3.08. The summed E-state index contributed by atoms with van der Waals surface area (Å²) in [6.07, 6.45) is 0. The van der Waals surface area contributed by atoms with E-state index >= 15 is 0 Å². The fraction of sp³-hybridized carbons (Fsp3) is 0.100. The van der Waals surface area contributed by atoms with Crippen molar-refractivity contribution in [1.29, 1.82) is 0 Å². The topological polar surface area (TPSA) is 50.5 Å². The highest BCUT2D eigenvalue weighted by Crippen LogP contribution is 2.33. The highest BCUT2D eigenvalue weighted by molar-refractivity contribution is 7.21. The number of anilines is 1. The van der Waals surface area contributed by atoms with Gasteiger partial charge in [-0.2, -0.15) is 0 Å². The van der Waals surface area contributed by atoms with Gasteiger partial charge in [-0.15, -0.1) is 11.3 Å². The van der Waals surface area contributed by atoms with E-state index in [9.17, 15) is 9.59 Å². The third-order valence-electron chi connectivity index (χ3n) is 4.26. The molecule has 0 N–H and O–H groups in total. The maximum atomic E-state index is 12.9. The molecule has 2 aromatic carbocycles. The number of hydrogen-bond donors (Lipinski definition) is 0. The lowest BCUT2D eigenvalue weighted by Gasteiger charge is -2.17. The first-order valence-corrected chi connectivity index (χ1v) is 9.15. The molecule has 0 saturated carbocycles. The van der Waals surface area contributed by atoms with E-state index in [0.29, 0.717) is 26.6 Å². The molecule has 0 bridgehead atoms. The molecule has 0 aliphatic carbocycles. The van der Waals surface area contributed by atoms with Gasteiger partial charge in [0, 0.05) is 12.4 Å². The lowest BCUT2D eigenvalue weighted by molar-refractivity contribution is 0.0997. The maximum Gasteiger partial charge on any atom is 0.345 e. The number of aryl methyl sites for hydroxylation is 1. The van der Waals surface area contributed by atoms with Gasteiger partial charge in [-0.05, 0) is 37.3 Å². The van der Waals surface area contributed by atoms with E-state index < -0.39 is 5.63 Å². The Bertz CT molecular complexity index is 1220. The largest absolute Gasteiger partial charge is 0.422 e. The normalized spacial score (nSPS) is 11.2. The van der Waals surface area contributed by atoms with Crippen LogP contribution in [-0.2, 0) is 0 Å². The number of benzene rings is 2. The summed E-state index contributed by atoms with van der Waals surface area (Å²) in [6, 6.07) is 14.4. The molecule has 26 heavy (non-hydrogen) atoms. The smallest absolute Gasteiger partial charge is 0.345 e. The van der Waals surface area contributed by atoms with Crippen molar-refractivity contribution in [1.82, 2.24) is 0 Å². The summed E-state index contributed by atoms with van der Waals surface area (Å²) in [6.45, 7) is 1.97. The van der Waals surface area contributed by atoms with Crippen molar-refractivity contribution < 1.29 is 9.21 Å². The first-order chi connectivity index (χ1) is 12.5. The number of thiophene rings is 1. The van der Waals surface area contributed by atoms with Crippen LogP contribution in [0.1, 0.15) is 15.2 Å². The van der Waals surface area contributed by atoms with Crippen LogP contribution in [0.15, 0.2) is 57.7 Å². The van der Waals surface area contributed by atoms with E-state index in [1.54, 1.807) is 31.3 Å². The fourth-order valence-corrected chi connectivity index (χ4v) is 4.32. The molecule has 0 radical (unpaired) electrons. The predicted molar refractivity (Wildman–Crippen MR) is 107 cm³/mol. The Hall–Kier alpha value is -2.63. The summed E-state index contributed by atoms with van der Waals surface area (Å²) < 4.78 is 6.15. The second-order valence-corrected chi connectivity index (χ2v) is 7.52. The molecule has 1 amide bonds. The molecule has 0 atom stereocenters. The zero-order chi connectivity index (χ0) is 18.4. The molecule has 0 spiro atoms. The summed E-state index contributed by atoms with van der Waals surface area (Å²) in [5, 5.41) is 1.75. The molecule has 130 valence electrons. The molecule has 0 saturated heterocycles. The molecule has 0 unspecified atom stereocenters. The second-order valence-electron chi connectivity index (χ2n) is 6.06. The Balaban J connectivity index is 1.87. The molecule has 0 aliphatic heterocycles. The number of fused-ring (bicyclic) bond motifs is 3. The minimum absolute atomic E-state index is 0.223. The highest BCUT2D eigenvalue weighted by atomic mass is 35.5. The van der Waals surface area contributed by atoms with E-state index in [2.05, 4.69) is 0 Å². The highest BCUT2D eigenvalue weighted by Gasteiger charge is 2.20. The van der Waals surface area contributed by atoms with Gasteiger partial charge in [-0.1, -0.05) is 35.4 Å². The van der Waals surface area contributed by atoms with Gasteiger partial charge in [0.25, 0.3) is 5.91 Å². The molecule has 4 nitrogen and oxygen atoms in total. The molecule has 2 aromatic heterocycles. The first-order valence-electron chi connectivity index (χ1n) is 7.95. The van der Waals surface area contributed by atoms with Crippen LogP contribution in [0.3, 0.4) is 0 Å². The number of carbonyl (C=O) groups excluding carboxylic acids is 1. The van der Waals surface area contributed by atoms with Crippen LogP contribution in [0.5, 0.6) is 0 Å². The molecule has 4 rings (SSSR count). The van der Waals surface area contributed by atoms with Gasteiger partial charge in [0.05, 0.1) is 25.7 Å². The van der Waals surface area contributed by atoms with Gasteiger partial charge < -0.3 is 9.32 Å². The van der Waals surface area contributed by atoms with Gasteiger partial charge in [0.2, 0.25) is 0 Å². The first kappa shape index (κ1) is 16.8. The minimum atomic E-state index is -0.438. The summed E-state index contributed by atoms with van der Waals surface area (Å²) >= 11 is 7.49. The van der Waals surface area contributed by atoms with Gasteiger partial charge in [-0.3, -0.25) is 4.79 Å². The predicted octanol–water partition coefficient (Wildman–Crippen LogP) is 5.25. The SMILES string of the molecule is Cc1ccc2oc(=O)c3cc(C(=O)N(C)c4ccccc4Cl)sc3c2c1. The number of carbonyl (C=O) groups is 1. The van der Waals surface area contributed by atoms with Crippen LogP contribution < -0.4 is 10.5 Å². The molecule has 4 aromatic rings. The summed E-state index contributed by atoms with van der Waals surface area (Å²) in [5.74, 6) is -0.223. The fourth-order valence-electron chi connectivity index (χ4n) is 2.91. The van der Waals surface area contributed by atoms with Gasteiger partial charge in [-0.25, -0.2) is 4.79 Å². The maximum absolute atomic E-state index is 12.9. The number of amides is 1. The Morgan fingerprint density at radius 3 is 2.65 bits per heavy atom. The zero-order valence-corrected chi connectivity index (χ0v) is 15.6. The molecule has 0 aliphatic rings. The van der Waals surface area contributed by atoms with Crippen LogP contribution in [0.2, 0.25) is 5.02 Å². The molecular weight excluding hydrogens is 370 g/mol. The van der Waals surface area contributed by atoms with Crippen molar-refractivity contribution >= 4 is 55.6 Å². The van der Waals surface area contributed by atoms with Crippen molar-refractivity contribution in [2.75, 3.05) is 11.9 Å². The van der Waals surface area contributed by atoms with Gasteiger partial charge in [0.15, 0.2) is 0 Å². The standard InChI is InChI=1S/C20H14ClNO3S/c1-11-7-8-16-12(9-11)18-13(20(24)25-16)10-17(26-18)19(23)22(2)15-6-4-3-5-14(15)21/h3-10H,1-2H3. The van der Waals surface area contributed by atoms with E-state index in [1.807, 2.05) is 31.2 Å². The molecular formula is C20H14ClNO3S. The Kier molecular flexibility index (Phi) is 4.05. The monoisotopic (exact) mass is 383 g/mol. The Morgan fingerprint density at radius 2 is 1.88 bits per heavy atom. The van der Waals surface area contributed by atoms with Crippen molar-refractivity contribution in [2.45, 2.75) is 6.92 Å². The second kappa shape index (κ2) is 6.27. The lowest BCUT2D eigenvalue weighted by Crippen LogP contribution is -2.25. The van der Waals surface area contributed by atoms with E-state index in [1.165, 1.54) is 16.2 Å². The zero-order valence-electron chi connectivity index (χ0n) is 14.1. The molecule has 0 fully saturated rings. The van der Waals surface area contributed by atoms with Gasteiger partial charge >= 0.3 is 5.63 Å². The van der Waals surface area contributed by atoms with Crippen LogP contribution in [0, 0.1) is 6.92 Å². The molecule has 2 heterocycles. The van der Waals surface area contributed by atoms with Gasteiger partial charge in [0.1, 0.15) is 5.58 Å². The minimum Gasteiger partial charge on any atom is -0.422 e. The van der Waals surface area contributed by atoms with Crippen LogP contribution in [-0.4, -0.2) is 13.0 Å². The molecule has 6 heteroatoms. The lowest BCUT2D eigenvalue weighted by atomic mass is 10.1. The van der Waals surface area contributed by atoms with E-state index in [-0.39, 0.29) is 5.91 Å². The number of para-hydroxylation sites is 1. The third kappa shape index (κ3) is 2.69. The summed E-state index contributed by atoms with van der Waals surface area (Å²) in [7, 11) is 1.67. The van der Waals surface area contributed by atoms with Crippen molar-refractivity contribution in [2.24, 2.45) is 0 Å². The Morgan fingerprint density at radius 1 is 1.12 bits per heavy atom. The Labute approximate surface area is 158 Å². The quantitative estimate of drug-likeness (QED) is 0.444. The van der Waals surface area contributed by atoms with Crippen LogP contribution >= 0.6 is 22.9 Å². The van der Waals surface area contributed by atoms with Crippen LogP contribution in [0.25, 0.3) is 21.1 Å². The van der Waals surface area contributed by atoms with E-state index in [0.717, 1.165) is 15.6 Å². The van der Waals surface area contributed by atoms with Crippen LogP contribution in [0.4, 0.5) is 5.69 Å². The van der Waals surface area contributed by atoms with E-state index in [4.69, 9.17) is 16.0 Å². The third-order valence-corrected chi connectivity index (χ3v) is 5.74. The van der Waals surface area contributed by atoms with Crippen molar-refractivity contribution in [3.8, 4) is 0 Å². The average molecular weight is 384 g/mol. The van der Waals surface area contributed by atoms with Crippen molar-refractivity contribution in [3.63, 3.8) is 0 Å². The number of hydrogen-bond acceptors (Lipinski definition) is 4. The number of nitrogens with zero attached hydrogens (tertiary/aromatic N) is 1. The van der Waals surface area contributed by atoms with Crippen molar-refractivity contribution in [3.05, 3.63) is 74.4 Å². The number of halogens is 1. The summed E-state index contributed by atoms with van der Waals surface area (Å²) in [4.78, 5) is 27.2.